The van der Waals surface area contributed by atoms with E-state index in [1.54, 1.807) is 36.5 Å². The number of nitrogens with zero attached hydrogens (tertiary/aromatic N) is 5. The van der Waals surface area contributed by atoms with Gasteiger partial charge in [0, 0.05) is 39.8 Å². The molecule has 16 heteroatoms. The molecular weight excluding hydrogens is 603 g/mol. The molecule has 230 valence electrons. The first-order chi connectivity index (χ1) is 21.1. The van der Waals surface area contributed by atoms with Crippen LogP contribution in [-0.4, -0.2) is 61.5 Å². The van der Waals surface area contributed by atoms with E-state index in [1.165, 1.54) is 36.3 Å². The van der Waals surface area contributed by atoms with E-state index in [-0.39, 0.29) is 24.2 Å². The van der Waals surface area contributed by atoms with Crippen LogP contribution in [0.1, 0.15) is 43.1 Å². The van der Waals surface area contributed by atoms with E-state index in [4.69, 9.17) is 11.6 Å². The molecule has 2 aromatic heterocycles. The molecule has 44 heavy (non-hydrogen) atoms. The van der Waals surface area contributed by atoms with Crippen LogP contribution in [0.25, 0.3) is 23.0 Å². The zero-order valence-electron chi connectivity index (χ0n) is 23.2. The Balaban J connectivity index is 1.42. The van der Waals surface area contributed by atoms with Gasteiger partial charge in [-0.1, -0.05) is 24.4 Å². The van der Waals surface area contributed by atoms with Crippen molar-refractivity contribution in [2.75, 3.05) is 17.7 Å². The van der Waals surface area contributed by atoms with Crippen molar-refractivity contribution in [2.24, 2.45) is 0 Å². The van der Waals surface area contributed by atoms with Gasteiger partial charge in [-0.15, -0.1) is 5.10 Å². The van der Waals surface area contributed by atoms with Crippen molar-refractivity contribution < 1.29 is 27.5 Å². The van der Waals surface area contributed by atoms with Crippen LogP contribution >= 0.6 is 11.6 Å². The Kier molecular flexibility index (Phi) is 9.13. The summed E-state index contributed by atoms with van der Waals surface area (Å²) in [6.07, 6.45) is 1.31. The first kappa shape index (κ1) is 30.5. The molecule has 0 radical (unpaired) electrons. The number of hydrogen-bond donors (Lipinski definition) is 4. The number of halogens is 4. The summed E-state index contributed by atoms with van der Waals surface area (Å²) in [5.41, 5.74) is 2.28. The maximum atomic E-state index is 14.0. The third-order valence-corrected chi connectivity index (χ3v) is 7.17. The number of amides is 2. The number of imidazole rings is 1. The summed E-state index contributed by atoms with van der Waals surface area (Å²) >= 11 is 6.17. The Labute approximate surface area is 254 Å². The van der Waals surface area contributed by atoms with Gasteiger partial charge < -0.3 is 20.4 Å². The molecule has 2 atom stereocenters. The van der Waals surface area contributed by atoms with Crippen LogP contribution in [0.3, 0.4) is 0 Å². The molecular formula is C28H27ClF3N9O3. The number of tetrazole rings is 1. The highest BCUT2D eigenvalue weighted by molar-refractivity contribution is 6.30. The van der Waals surface area contributed by atoms with Crippen molar-refractivity contribution in [3.05, 3.63) is 71.4 Å². The van der Waals surface area contributed by atoms with Crippen molar-refractivity contribution in [3.63, 3.8) is 0 Å². The number of aromatic nitrogens is 6. The lowest BCUT2D eigenvalue weighted by atomic mass is 10.0. The molecule has 4 N–H and O–H groups in total. The zero-order chi connectivity index (χ0) is 31.3. The molecule has 0 saturated heterocycles. The smallest absolute Gasteiger partial charge is 0.411 e. The summed E-state index contributed by atoms with van der Waals surface area (Å²) in [7, 11) is 1.18. The topological polar surface area (TPSA) is 152 Å². The number of aromatic amines is 1. The summed E-state index contributed by atoms with van der Waals surface area (Å²) in [5, 5.41) is 19.6. The van der Waals surface area contributed by atoms with Gasteiger partial charge in [0.2, 0.25) is 5.91 Å². The number of anilines is 2. The Morgan fingerprint density at radius 1 is 1.16 bits per heavy atom. The molecule has 0 unspecified atom stereocenters. The molecule has 1 aliphatic rings. The van der Waals surface area contributed by atoms with Gasteiger partial charge in [0.25, 0.3) is 0 Å². The lowest BCUT2D eigenvalue weighted by Crippen LogP contribution is -2.36. The van der Waals surface area contributed by atoms with Gasteiger partial charge in [-0.3, -0.25) is 10.1 Å². The molecule has 2 bridgehead atoms. The number of nitrogens with one attached hydrogen (secondary N) is 4. The Hall–Kier alpha value is -4.92. The lowest BCUT2D eigenvalue weighted by Gasteiger charge is -2.25. The van der Waals surface area contributed by atoms with Crippen LogP contribution in [0.5, 0.6) is 0 Å². The Morgan fingerprint density at radius 2 is 1.98 bits per heavy atom. The van der Waals surface area contributed by atoms with E-state index in [0.717, 1.165) is 0 Å². The number of fused-ring (bicyclic) bond motifs is 4. The van der Waals surface area contributed by atoms with Gasteiger partial charge in [-0.2, -0.15) is 17.9 Å². The molecule has 0 fully saturated rings. The second-order valence-corrected chi connectivity index (χ2v) is 10.4. The standard InChI is InChI=1S/C28H27ClF3N9O3/c1-44-27(43)35-18-8-9-19-21(13-18)36-24(28(30,31)32)5-3-2-4-20(26-33-14-22(19)38-26)37-25(42)11-6-16-12-17(29)7-10-23(16)41-15-34-39-40-41/h6-15,20,24,36H,2-5H2,1H3,(H,33,38)(H,35,43)(H,37,42)/b11-6+/t20-,24+/m0/s1. The predicted octanol–water partition coefficient (Wildman–Crippen LogP) is 5.67. The fourth-order valence-corrected chi connectivity index (χ4v) is 4.97. The molecule has 0 spiro atoms. The maximum absolute atomic E-state index is 14.0. The number of carbonyl (C=O) groups is 2. The molecule has 5 rings (SSSR count). The Bertz CT molecular complexity index is 1660. The summed E-state index contributed by atoms with van der Waals surface area (Å²) in [6, 6.07) is 7.06. The van der Waals surface area contributed by atoms with Crippen molar-refractivity contribution in [1.29, 1.82) is 0 Å². The predicted molar refractivity (Wildman–Crippen MR) is 156 cm³/mol. The van der Waals surface area contributed by atoms with Crippen LogP contribution in [0.2, 0.25) is 5.02 Å². The van der Waals surface area contributed by atoms with Gasteiger partial charge in [-0.05, 0) is 65.7 Å². The largest absolute Gasteiger partial charge is 0.453 e. The van der Waals surface area contributed by atoms with Crippen molar-refractivity contribution >= 4 is 41.1 Å². The second kappa shape index (κ2) is 13.2. The van der Waals surface area contributed by atoms with Crippen molar-refractivity contribution in [2.45, 2.75) is 43.9 Å². The number of rotatable bonds is 5. The quantitative estimate of drug-likeness (QED) is 0.206. The fourth-order valence-electron chi connectivity index (χ4n) is 4.79. The summed E-state index contributed by atoms with van der Waals surface area (Å²) in [4.78, 5) is 32.5. The lowest BCUT2D eigenvalue weighted by molar-refractivity contribution is -0.144. The SMILES string of the molecule is COC(=O)Nc1ccc2c(c1)N[C@@H](C(F)(F)F)CCCC[C@H](NC(=O)/C=C/c1cc(Cl)ccc1-n1cnnn1)c1nc-2c[nH]1. The van der Waals surface area contributed by atoms with Crippen LogP contribution < -0.4 is 16.0 Å². The number of methoxy groups -OCH3 is 1. The van der Waals surface area contributed by atoms with Gasteiger partial charge in [0.05, 0.1) is 24.5 Å². The van der Waals surface area contributed by atoms with Gasteiger partial charge >= 0.3 is 12.3 Å². The molecule has 3 heterocycles. The molecule has 12 nitrogen and oxygen atoms in total. The number of carbonyl (C=O) groups excluding carboxylic acids is 2. The summed E-state index contributed by atoms with van der Waals surface area (Å²) in [5.74, 6) is -0.00834. The average Bonchev–Trinajstić information content (AvgIpc) is 3.69. The number of hydrogen-bond acceptors (Lipinski definition) is 8. The molecule has 0 aliphatic carbocycles. The van der Waals surface area contributed by atoms with Crippen LogP contribution in [0.4, 0.5) is 29.3 Å². The molecule has 2 aromatic carbocycles. The van der Waals surface area contributed by atoms with Gasteiger partial charge in [0.1, 0.15) is 18.2 Å². The summed E-state index contributed by atoms with van der Waals surface area (Å²) in [6.45, 7) is 0. The van der Waals surface area contributed by atoms with E-state index in [9.17, 15) is 22.8 Å². The zero-order valence-corrected chi connectivity index (χ0v) is 24.0. The molecule has 4 aromatic rings. The Morgan fingerprint density at radius 3 is 2.73 bits per heavy atom. The normalized spacial score (nSPS) is 17.1. The van der Waals surface area contributed by atoms with Gasteiger partial charge in [0.15, 0.2) is 0 Å². The highest BCUT2D eigenvalue weighted by Crippen LogP contribution is 2.36. The minimum absolute atomic E-state index is 0.128. The van der Waals surface area contributed by atoms with E-state index < -0.39 is 30.3 Å². The van der Waals surface area contributed by atoms with Crippen LogP contribution in [-0.2, 0) is 9.53 Å². The van der Waals surface area contributed by atoms with E-state index in [1.807, 2.05) is 0 Å². The number of alkyl halides is 3. The first-order valence-electron chi connectivity index (χ1n) is 13.5. The second-order valence-electron chi connectivity index (χ2n) is 9.92. The molecule has 1 aliphatic heterocycles. The van der Waals surface area contributed by atoms with Crippen LogP contribution in [0.15, 0.2) is 55.0 Å². The van der Waals surface area contributed by atoms with E-state index in [2.05, 4.69) is 46.2 Å². The third kappa shape index (κ3) is 7.34. The fraction of sp³-hybridized carbons (Fsp3) is 0.286. The first-order valence-corrected chi connectivity index (χ1v) is 13.9. The van der Waals surface area contributed by atoms with Crippen molar-refractivity contribution in [1.82, 2.24) is 35.5 Å². The number of ether oxygens (including phenoxy) is 1. The van der Waals surface area contributed by atoms with Gasteiger partial charge in [-0.25, -0.2) is 9.78 Å². The minimum Gasteiger partial charge on any atom is -0.453 e. The van der Waals surface area contributed by atoms with E-state index >= 15 is 0 Å². The molecule has 0 saturated carbocycles. The minimum atomic E-state index is -4.54. The highest BCUT2D eigenvalue weighted by atomic mass is 35.5. The molecule has 2 amide bonds. The maximum Gasteiger partial charge on any atom is 0.411 e. The van der Waals surface area contributed by atoms with Crippen molar-refractivity contribution in [3.8, 4) is 16.9 Å². The average molecular weight is 630 g/mol. The van der Waals surface area contributed by atoms with Crippen LogP contribution in [0, 0.1) is 0 Å². The summed E-state index contributed by atoms with van der Waals surface area (Å²) < 4.78 is 48.2. The third-order valence-electron chi connectivity index (χ3n) is 6.93. The number of H-pyrrole nitrogens is 1. The monoisotopic (exact) mass is 629 g/mol. The van der Waals surface area contributed by atoms with E-state index in [0.29, 0.717) is 46.2 Å². The highest BCUT2D eigenvalue weighted by Gasteiger charge is 2.39. The number of benzene rings is 2.